The third kappa shape index (κ3) is 3.53. The van der Waals surface area contributed by atoms with Crippen molar-refractivity contribution in [2.24, 2.45) is 0 Å². The molecule has 0 atom stereocenters. The van der Waals surface area contributed by atoms with E-state index in [0.717, 1.165) is 16.1 Å². The van der Waals surface area contributed by atoms with Crippen molar-refractivity contribution in [3.05, 3.63) is 34.3 Å². The van der Waals surface area contributed by atoms with Gasteiger partial charge in [-0.3, -0.25) is 4.79 Å². The van der Waals surface area contributed by atoms with Crippen molar-refractivity contribution in [2.45, 2.75) is 32.6 Å². The number of methoxy groups -OCH3 is 1. The third-order valence-electron chi connectivity index (χ3n) is 2.53. The highest BCUT2D eigenvalue weighted by Gasteiger charge is 2.07. The summed E-state index contributed by atoms with van der Waals surface area (Å²) in [5, 5.41) is 0.775. The highest BCUT2D eigenvalue weighted by atomic mass is 35.5. The van der Waals surface area contributed by atoms with Gasteiger partial charge in [0, 0.05) is 11.4 Å². The molecule has 1 aromatic rings. The van der Waals surface area contributed by atoms with E-state index in [9.17, 15) is 4.79 Å². The molecule has 0 amide bonds. The summed E-state index contributed by atoms with van der Waals surface area (Å²) in [6, 6.07) is 5.98. The lowest BCUT2D eigenvalue weighted by Crippen LogP contribution is -2.02. The Bertz CT molecular complexity index is 372. The Balaban J connectivity index is 2.70. The number of esters is 1. The Morgan fingerprint density at radius 2 is 2.12 bits per heavy atom. The number of benzene rings is 1. The van der Waals surface area contributed by atoms with Crippen molar-refractivity contribution in [2.75, 3.05) is 7.11 Å². The molecular weight excluding hydrogens is 224 g/mol. The van der Waals surface area contributed by atoms with Crippen LogP contribution in [0.15, 0.2) is 18.2 Å². The van der Waals surface area contributed by atoms with Crippen LogP contribution >= 0.6 is 11.6 Å². The molecule has 0 radical (unpaired) electrons. The monoisotopic (exact) mass is 240 g/mol. The Labute approximate surface area is 102 Å². The van der Waals surface area contributed by atoms with Crippen molar-refractivity contribution in [3.63, 3.8) is 0 Å². The zero-order chi connectivity index (χ0) is 12.1. The second kappa shape index (κ2) is 5.90. The average molecular weight is 241 g/mol. The smallest absolute Gasteiger partial charge is 0.305 e. The first-order valence-electron chi connectivity index (χ1n) is 5.39. The summed E-state index contributed by atoms with van der Waals surface area (Å²) >= 11 is 6.16. The van der Waals surface area contributed by atoms with Crippen LogP contribution in [0, 0.1) is 0 Å². The summed E-state index contributed by atoms with van der Waals surface area (Å²) in [7, 11) is 1.40. The maximum absolute atomic E-state index is 11.0. The highest BCUT2D eigenvalue weighted by molar-refractivity contribution is 6.31. The summed E-state index contributed by atoms with van der Waals surface area (Å²) in [4.78, 5) is 11.0. The van der Waals surface area contributed by atoms with Crippen LogP contribution in [0.1, 0.15) is 37.3 Å². The molecule has 16 heavy (non-hydrogen) atoms. The highest BCUT2D eigenvalue weighted by Crippen LogP contribution is 2.25. The molecule has 0 aromatic heterocycles. The molecule has 0 aliphatic heterocycles. The molecule has 0 spiro atoms. The standard InChI is InChI=1S/C13H17ClO2/c1-9(2)11-6-4-10(8-12(11)14)5-7-13(15)16-3/h4,6,8-9H,5,7H2,1-3H3. The van der Waals surface area contributed by atoms with Crippen LogP contribution in [0.3, 0.4) is 0 Å². The van der Waals surface area contributed by atoms with Crippen molar-refractivity contribution in [3.8, 4) is 0 Å². The fraction of sp³-hybridized carbons (Fsp3) is 0.462. The van der Waals surface area contributed by atoms with Crippen molar-refractivity contribution < 1.29 is 9.53 Å². The SMILES string of the molecule is COC(=O)CCc1ccc(C(C)C)c(Cl)c1. The molecule has 2 nitrogen and oxygen atoms in total. The van der Waals surface area contributed by atoms with Gasteiger partial charge in [0.2, 0.25) is 0 Å². The summed E-state index contributed by atoms with van der Waals surface area (Å²) in [5.74, 6) is 0.228. The van der Waals surface area contributed by atoms with Crippen LogP contribution < -0.4 is 0 Å². The second-order valence-electron chi connectivity index (χ2n) is 4.09. The molecule has 0 aliphatic rings. The molecule has 3 heteroatoms. The van der Waals surface area contributed by atoms with E-state index < -0.39 is 0 Å². The molecule has 0 fully saturated rings. The number of rotatable bonds is 4. The fourth-order valence-electron chi connectivity index (χ4n) is 1.54. The maximum Gasteiger partial charge on any atom is 0.305 e. The molecule has 0 saturated heterocycles. The lowest BCUT2D eigenvalue weighted by atomic mass is 10.00. The number of carbonyl (C=O) groups is 1. The first kappa shape index (κ1) is 13.0. The zero-order valence-corrected chi connectivity index (χ0v) is 10.7. The van der Waals surface area contributed by atoms with Gasteiger partial charge in [-0.25, -0.2) is 0 Å². The largest absolute Gasteiger partial charge is 0.469 e. The predicted molar refractivity (Wildman–Crippen MR) is 65.9 cm³/mol. The number of hydrogen-bond acceptors (Lipinski definition) is 2. The maximum atomic E-state index is 11.0. The van der Waals surface area contributed by atoms with Crippen LogP contribution in [0.4, 0.5) is 0 Å². The molecular formula is C13H17ClO2. The van der Waals surface area contributed by atoms with E-state index in [1.807, 2.05) is 18.2 Å². The number of ether oxygens (including phenoxy) is 1. The first-order chi connectivity index (χ1) is 7.54. The minimum atomic E-state index is -0.191. The molecule has 88 valence electrons. The number of carbonyl (C=O) groups excluding carboxylic acids is 1. The van der Waals surface area contributed by atoms with Gasteiger partial charge in [0.1, 0.15) is 0 Å². The van der Waals surface area contributed by atoms with Gasteiger partial charge in [-0.05, 0) is 29.5 Å². The van der Waals surface area contributed by atoms with Crippen LogP contribution in [0.2, 0.25) is 5.02 Å². The van der Waals surface area contributed by atoms with Gasteiger partial charge in [0.25, 0.3) is 0 Å². The molecule has 1 aromatic carbocycles. The second-order valence-corrected chi connectivity index (χ2v) is 4.49. The quantitative estimate of drug-likeness (QED) is 0.752. The van der Waals surface area contributed by atoms with Gasteiger partial charge < -0.3 is 4.74 Å². The Hall–Kier alpha value is -1.02. The van der Waals surface area contributed by atoms with E-state index in [2.05, 4.69) is 18.6 Å². The van der Waals surface area contributed by atoms with Crippen LogP contribution in [0.5, 0.6) is 0 Å². The molecule has 0 heterocycles. The zero-order valence-electron chi connectivity index (χ0n) is 9.92. The van der Waals surface area contributed by atoms with Crippen molar-refractivity contribution in [1.29, 1.82) is 0 Å². The number of hydrogen-bond donors (Lipinski definition) is 0. The molecule has 0 aliphatic carbocycles. The molecule has 1 rings (SSSR count). The van der Waals surface area contributed by atoms with Gasteiger partial charge in [0.15, 0.2) is 0 Å². The summed E-state index contributed by atoms with van der Waals surface area (Å²) in [5.41, 5.74) is 2.21. The van der Waals surface area contributed by atoms with Gasteiger partial charge >= 0.3 is 5.97 Å². The molecule has 0 N–H and O–H groups in total. The normalized spacial score (nSPS) is 10.6. The van der Waals surface area contributed by atoms with Crippen LogP contribution in [-0.4, -0.2) is 13.1 Å². The summed E-state index contributed by atoms with van der Waals surface area (Å²) < 4.78 is 4.59. The molecule has 0 unspecified atom stereocenters. The lowest BCUT2D eigenvalue weighted by molar-refractivity contribution is -0.140. The van der Waals surface area contributed by atoms with Crippen LogP contribution in [-0.2, 0) is 16.0 Å². The van der Waals surface area contributed by atoms with Crippen molar-refractivity contribution in [1.82, 2.24) is 0 Å². The molecule has 0 bridgehead atoms. The van der Waals surface area contributed by atoms with Crippen LogP contribution in [0.25, 0.3) is 0 Å². The van der Waals surface area contributed by atoms with E-state index in [0.29, 0.717) is 18.8 Å². The van der Waals surface area contributed by atoms with Gasteiger partial charge in [-0.1, -0.05) is 37.6 Å². The Morgan fingerprint density at radius 1 is 1.44 bits per heavy atom. The minimum absolute atomic E-state index is 0.191. The summed E-state index contributed by atoms with van der Waals surface area (Å²) in [6.07, 6.45) is 1.07. The number of aryl methyl sites for hydroxylation is 1. The Morgan fingerprint density at radius 3 is 2.62 bits per heavy atom. The van der Waals surface area contributed by atoms with E-state index in [-0.39, 0.29) is 5.97 Å². The minimum Gasteiger partial charge on any atom is -0.469 e. The van der Waals surface area contributed by atoms with Gasteiger partial charge in [0.05, 0.1) is 7.11 Å². The van der Waals surface area contributed by atoms with Gasteiger partial charge in [-0.2, -0.15) is 0 Å². The van der Waals surface area contributed by atoms with Crippen molar-refractivity contribution >= 4 is 17.6 Å². The fourth-order valence-corrected chi connectivity index (χ4v) is 1.96. The third-order valence-corrected chi connectivity index (χ3v) is 2.86. The predicted octanol–water partition coefficient (Wildman–Crippen LogP) is 3.57. The van der Waals surface area contributed by atoms with Gasteiger partial charge in [-0.15, -0.1) is 0 Å². The van der Waals surface area contributed by atoms with E-state index in [1.54, 1.807) is 0 Å². The number of halogens is 1. The average Bonchev–Trinajstić information content (AvgIpc) is 2.25. The summed E-state index contributed by atoms with van der Waals surface area (Å²) in [6.45, 7) is 4.21. The molecule has 0 saturated carbocycles. The first-order valence-corrected chi connectivity index (χ1v) is 5.77. The topological polar surface area (TPSA) is 26.3 Å². The lowest BCUT2D eigenvalue weighted by Gasteiger charge is -2.09. The van der Waals surface area contributed by atoms with E-state index >= 15 is 0 Å². The van der Waals surface area contributed by atoms with E-state index in [4.69, 9.17) is 11.6 Å². The Kier molecular flexibility index (Phi) is 4.81. The van der Waals surface area contributed by atoms with E-state index in [1.165, 1.54) is 7.11 Å².